The smallest absolute Gasteiger partial charge is 0.408 e. The summed E-state index contributed by atoms with van der Waals surface area (Å²) in [4.78, 5) is 23.6. The molecule has 7 heteroatoms. The van der Waals surface area contributed by atoms with Crippen molar-refractivity contribution in [3.8, 4) is 5.75 Å². The summed E-state index contributed by atoms with van der Waals surface area (Å²) in [6.07, 6.45) is -0.724. The zero-order chi connectivity index (χ0) is 20.0. The third kappa shape index (κ3) is 7.56. The molecule has 1 amide bonds. The standard InChI is InChI=1S/C19H29NO5S/c1-18(2,3)25-17(23)20-15(16(21)22)19(4,5)12-26-11-13-7-9-14(24-6)10-8-13/h7-10,15H,11-12H2,1-6H3,(H,20,23)(H,21,22)/t15-/m1/s1. The van der Waals surface area contributed by atoms with Gasteiger partial charge in [-0.2, -0.15) is 11.8 Å². The summed E-state index contributed by atoms with van der Waals surface area (Å²) < 4.78 is 10.3. The number of ether oxygens (including phenoxy) is 2. The third-order valence-electron chi connectivity index (χ3n) is 3.59. The fraction of sp³-hybridized carbons (Fsp3) is 0.579. The highest BCUT2D eigenvalue weighted by Gasteiger charge is 2.37. The molecule has 0 spiro atoms. The molecule has 26 heavy (non-hydrogen) atoms. The van der Waals surface area contributed by atoms with Crippen molar-refractivity contribution in [1.82, 2.24) is 5.32 Å². The number of carbonyl (C=O) groups is 2. The molecule has 0 fully saturated rings. The van der Waals surface area contributed by atoms with Crippen LogP contribution in [0.5, 0.6) is 5.75 Å². The molecule has 1 aromatic carbocycles. The van der Waals surface area contributed by atoms with Crippen LogP contribution in [0.4, 0.5) is 4.79 Å². The molecule has 1 atom stereocenters. The zero-order valence-electron chi connectivity index (χ0n) is 16.3. The van der Waals surface area contributed by atoms with E-state index in [0.29, 0.717) is 5.75 Å². The Morgan fingerprint density at radius 2 is 1.73 bits per heavy atom. The SMILES string of the molecule is COc1ccc(CSCC(C)(C)[C@H](NC(=O)OC(C)(C)C)C(=O)O)cc1. The minimum absolute atomic E-state index is 0.561. The molecule has 0 saturated heterocycles. The van der Waals surface area contributed by atoms with E-state index in [-0.39, 0.29) is 0 Å². The summed E-state index contributed by atoms with van der Waals surface area (Å²) in [6, 6.07) is 6.70. The van der Waals surface area contributed by atoms with Crippen molar-refractivity contribution in [2.24, 2.45) is 5.41 Å². The number of hydrogen-bond donors (Lipinski definition) is 2. The molecule has 0 aliphatic heterocycles. The first-order chi connectivity index (χ1) is 11.9. The quantitative estimate of drug-likeness (QED) is 0.707. The predicted octanol–water partition coefficient (Wildman–Crippen LogP) is 3.93. The number of alkyl carbamates (subject to hydrolysis) is 1. The van der Waals surface area contributed by atoms with Gasteiger partial charge in [-0.3, -0.25) is 0 Å². The Hall–Kier alpha value is -1.89. The van der Waals surface area contributed by atoms with Gasteiger partial charge in [0.25, 0.3) is 0 Å². The van der Waals surface area contributed by atoms with Crippen LogP contribution in [0.1, 0.15) is 40.2 Å². The number of hydrogen-bond acceptors (Lipinski definition) is 5. The maximum Gasteiger partial charge on any atom is 0.408 e. The maximum absolute atomic E-state index is 12.0. The summed E-state index contributed by atoms with van der Waals surface area (Å²) >= 11 is 1.62. The zero-order valence-corrected chi connectivity index (χ0v) is 17.1. The highest BCUT2D eigenvalue weighted by molar-refractivity contribution is 7.98. The number of methoxy groups -OCH3 is 1. The van der Waals surface area contributed by atoms with Crippen molar-refractivity contribution >= 4 is 23.8 Å². The van der Waals surface area contributed by atoms with Crippen LogP contribution in [-0.4, -0.2) is 41.7 Å². The Labute approximate surface area is 159 Å². The predicted molar refractivity (Wildman–Crippen MR) is 104 cm³/mol. The maximum atomic E-state index is 12.0. The Balaban J connectivity index is 2.64. The Morgan fingerprint density at radius 1 is 1.15 bits per heavy atom. The van der Waals surface area contributed by atoms with E-state index in [1.54, 1.807) is 39.6 Å². The van der Waals surface area contributed by atoms with Crippen LogP contribution in [0.25, 0.3) is 0 Å². The van der Waals surface area contributed by atoms with E-state index in [4.69, 9.17) is 9.47 Å². The fourth-order valence-corrected chi connectivity index (χ4v) is 3.48. The summed E-state index contributed by atoms with van der Waals surface area (Å²) in [5.74, 6) is 1.02. The van der Waals surface area contributed by atoms with E-state index in [1.165, 1.54) is 0 Å². The van der Waals surface area contributed by atoms with Gasteiger partial charge < -0.3 is 19.9 Å². The van der Waals surface area contributed by atoms with Gasteiger partial charge in [-0.15, -0.1) is 0 Å². The Morgan fingerprint density at radius 3 is 2.19 bits per heavy atom. The van der Waals surface area contributed by atoms with E-state index >= 15 is 0 Å². The molecule has 0 radical (unpaired) electrons. The molecular formula is C19H29NO5S. The highest BCUT2D eigenvalue weighted by atomic mass is 32.2. The van der Waals surface area contributed by atoms with E-state index in [1.807, 2.05) is 38.1 Å². The first-order valence-corrected chi connectivity index (χ1v) is 9.53. The number of rotatable bonds is 8. The monoisotopic (exact) mass is 383 g/mol. The van der Waals surface area contributed by atoms with Crippen LogP contribution in [0.2, 0.25) is 0 Å². The minimum Gasteiger partial charge on any atom is -0.497 e. The molecule has 0 unspecified atom stereocenters. The number of carboxylic acids is 1. The van der Waals surface area contributed by atoms with Gasteiger partial charge in [-0.1, -0.05) is 26.0 Å². The third-order valence-corrected chi connectivity index (χ3v) is 5.08. The molecule has 1 rings (SSSR count). The molecule has 0 aliphatic carbocycles. The second-order valence-electron chi connectivity index (χ2n) is 7.75. The van der Waals surface area contributed by atoms with Crippen molar-refractivity contribution in [2.75, 3.05) is 12.9 Å². The van der Waals surface area contributed by atoms with Crippen LogP contribution in [0, 0.1) is 5.41 Å². The first kappa shape index (κ1) is 22.2. The van der Waals surface area contributed by atoms with Gasteiger partial charge in [-0.25, -0.2) is 9.59 Å². The molecule has 6 nitrogen and oxygen atoms in total. The van der Waals surface area contributed by atoms with Crippen molar-refractivity contribution in [3.63, 3.8) is 0 Å². The molecule has 0 aromatic heterocycles. The van der Waals surface area contributed by atoms with E-state index in [9.17, 15) is 14.7 Å². The molecule has 0 heterocycles. The second kappa shape index (κ2) is 9.16. The summed E-state index contributed by atoms with van der Waals surface area (Å²) in [5, 5.41) is 12.0. The van der Waals surface area contributed by atoms with Crippen molar-refractivity contribution in [1.29, 1.82) is 0 Å². The number of carboxylic acid groups (broad SMARTS) is 1. The Bertz CT molecular complexity index is 607. The molecule has 1 aromatic rings. The number of carbonyl (C=O) groups excluding carboxylic acids is 1. The summed E-state index contributed by atoms with van der Waals surface area (Å²) in [7, 11) is 1.62. The van der Waals surface area contributed by atoms with Crippen LogP contribution in [0.15, 0.2) is 24.3 Å². The van der Waals surface area contributed by atoms with Crippen molar-refractivity contribution < 1.29 is 24.2 Å². The number of nitrogens with one attached hydrogen (secondary N) is 1. The van der Waals surface area contributed by atoms with Gasteiger partial charge in [-0.05, 0) is 38.5 Å². The average Bonchev–Trinajstić information content (AvgIpc) is 2.51. The molecule has 0 bridgehead atoms. The van der Waals surface area contributed by atoms with Crippen LogP contribution in [-0.2, 0) is 15.3 Å². The molecule has 2 N–H and O–H groups in total. The lowest BCUT2D eigenvalue weighted by Crippen LogP contribution is -2.52. The topological polar surface area (TPSA) is 84.9 Å². The van der Waals surface area contributed by atoms with Crippen molar-refractivity contribution in [2.45, 2.75) is 52.0 Å². The lowest BCUT2D eigenvalue weighted by Gasteiger charge is -2.32. The van der Waals surface area contributed by atoms with Gasteiger partial charge in [0.15, 0.2) is 0 Å². The first-order valence-electron chi connectivity index (χ1n) is 8.37. The van der Waals surface area contributed by atoms with Crippen LogP contribution < -0.4 is 10.1 Å². The highest BCUT2D eigenvalue weighted by Crippen LogP contribution is 2.29. The summed E-state index contributed by atoms with van der Waals surface area (Å²) in [6.45, 7) is 8.85. The van der Waals surface area contributed by atoms with Gasteiger partial charge in [0.2, 0.25) is 0 Å². The molecule has 0 saturated carbocycles. The largest absolute Gasteiger partial charge is 0.497 e. The van der Waals surface area contributed by atoms with Crippen LogP contribution in [0.3, 0.4) is 0 Å². The van der Waals surface area contributed by atoms with Gasteiger partial charge in [0, 0.05) is 16.9 Å². The fourth-order valence-electron chi connectivity index (χ4n) is 2.25. The molecule has 0 aliphatic rings. The second-order valence-corrected chi connectivity index (χ2v) is 8.73. The van der Waals surface area contributed by atoms with E-state index in [0.717, 1.165) is 17.1 Å². The van der Waals surface area contributed by atoms with Gasteiger partial charge >= 0.3 is 12.1 Å². The number of amides is 1. The minimum atomic E-state index is -1.08. The number of aliphatic carboxylic acids is 1. The Kier molecular flexibility index (Phi) is 7.81. The average molecular weight is 384 g/mol. The van der Waals surface area contributed by atoms with E-state index < -0.39 is 29.1 Å². The molecule has 146 valence electrons. The molecular weight excluding hydrogens is 354 g/mol. The number of thioether (sulfide) groups is 1. The number of benzene rings is 1. The normalized spacial score (nSPS) is 13.0. The van der Waals surface area contributed by atoms with Crippen molar-refractivity contribution in [3.05, 3.63) is 29.8 Å². The lowest BCUT2D eigenvalue weighted by atomic mass is 9.86. The van der Waals surface area contributed by atoms with Gasteiger partial charge in [0.05, 0.1) is 7.11 Å². The van der Waals surface area contributed by atoms with E-state index in [2.05, 4.69) is 5.32 Å². The summed E-state index contributed by atoms with van der Waals surface area (Å²) in [5.41, 5.74) is -0.209. The lowest BCUT2D eigenvalue weighted by molar-refractivity contribution is -0.142. The van der Waals surface area contributed by atoms with Crippen LogP contribution >= 0.6 is 11.8 Å². The van der Waals surface area contributed by atoms with Gasteiger partial charge in [0.1, 0.15) is 17.4 Å².